The maximum absolute atomic E-state index is 6.08. The van der Waals surface area contributed by atoms with E-state index < -0.39 is 0 Å². The maximum Gasteiger partial charge on any atom is 0.191 e. The summed E-state index contributed by atoms with van der Waals surface area (Å²) in [5, 5.41) is 6.78. The van der Waals surface area contributed by atoms with Gasteiger partial charge in [0, 0.05) is 45.0 Å². The van der Waals surface area contributed by atoms with Crippen molar-refractivity contribution in [1.29, 1.82) is 0 Å². The van der Waals surface area contributed by atoms with Gasteiger partial charge in [-0.3, -0.25) is 4.99 Å². The predicted molar refractivity (Wildman–Crippen MR) is 135 cm³/mol. The average Bonchev–Trinajstić information content (AvgIpc) is 3.23. The van der Waals surface area contributed by atoms with Gasteiger partial charge in [0.15, 0.2) is 5.96 Å². The molecular formula is C23H34IN5O. The SMILES string of the molecule is CN=C(NCc1ccnc(N2CCCC2)c1)NCc1ccccc1OC(C)(C)C.I. The van der Waals surface area contributed by atoms with Crippen LogP contribution in [-0.4, -0.2) is 36.7 Å². The number of pyridine rings is 1. The van der Waals surface area contributed by atoms with Crippen LogP contribution in [0.3, 0.4) is 0 Å². The second-order valence-corrected chi connectivity index (χ2v) is 8.32. The molecule has 2 N–H and O–H groups in total. The molecule has 0 atom stereocenters. The Morgan fingerprint density at radius 1 is 1.10 bits per heavy atom. The predicted octanol–water partition coefficient (Wildman–Crippen LogP) is 4.34. The van der Waals surface area contributed by atoms with E-state index >= 15 is 0 Å². The van der Waals surface area contributed by atoms with Crippen LogP contribution in [0, 0.1) is 0 Å². The van der Waals surface area contributed by atoms with E-state index in [4.69, 9.17) is 4.74 Å². The molecule has 0 amide bonds. The number of halogens is 1. The van der Waals surface area contributed by atoms with Gasteiger partial charge in [0.05, 0.1) is 0 Å². The number of anilines is 1. The van der Waals surface area contributed by atoms with Gasteiger partial charge in [-0.1, -0.05) is 18.2 Å². The number of para-hydroxylation sites is 1. The average molecular weight is 523 g/mol. The van der Waals surface area contributed by atoms with E-state index in [0.717, 1.165) is 36.2 Å². The van der Waals surface area contributed by atoms with Gasteiger partial charge >= 0.3 is 0 Å². The Hall–Kier alpha value is -2.03. The number of rotatable bonds is 6. The molecule has 2 heterocycles. The zero-order valence-electron chi connectivity index (χ0n) is 18.4. The van der Waals surface area contributed by atoms with E-state index in [2.05, 4.69) is 58.4 Å². The Morgan fingerprint density at radius 2 is 1.80 bits per heavy atom. The Kier molecular flexibility index (Phi) is 9.20. The van der Waals surface area contributed by atoms with Crippen LogP contribution in [-0.2, 0) is 13.1 Å². The molecule has 1 aliphatic heterocycles. The van der Waals surface area contributed by atoms with Gasteiger partial charge < -0.3 is 20.3 Å². The number of ether oxygens (including phenoxy) is 1. The molecule has 3 rings (SSSR count). The molecule has 6 nitrogen and oxygen atoms in total. The second kappa shape index (κ2) is 11.4. The summed E-state index contributed by atoms with van der Waals surface area (Å²) in [5.74, 6) is 2.72. The van der Waals surface area contributed by atoms with Crippen LogP contribution >= 0.6 is 24.0 Å². The third kappa shape index (κ3) is 7.34. The van der Waals surface area contributed by atoms with Crippen LogP contribution in [0.2, 0.25) is 0 Å². The molecule has 0 saturated carbocycles. The lowest BCUT2D eigenvalue weighted by Gasteiger charge is -2.23. The number of aliphatic imine (C=N–C) groups is 1. The van der Waals surface area contributed by atoms with Gasteiger partial charge in [0.25, 0.3) is 0 Å². The Labute approximate surface area is 197 Å². The van der Waals surface area contributed by atoms with Crippen LogP contribution in [0.5, 0.6) is 5.75 Å². The summed E-state index contributed by atoms with van der Waals surface area (Å²) in [4.78, 5) is 11.2. The van der Waals surface area contributed by atoms with Gasteiger partial charge in [-0.05, 0) is 57.4 Å². The zero-order chi connectivity index (χ0) is 20.7. The van der Waals surface area contributed by atoms with Crippen molar-refractivity contribution in [2.24, 2.45) is 4.99 Å². The smallest absolute Gasteiger partial charge is 0.191 e. The number of hydrogen-bond acceptors (Lipinski definition) is 4. The standard InChI is InChI=1S/C23H33N5O.HI/c1-23(2,3)29-20-10-6-5-9-19(20)17-27-22(24-4)26-16-18-11-12-25-21(15-18)28-13-7-8-14-28;/h5-6,9-12,15H,7-8,13-14,16-17H2,1-4H3,(H2,24,26,27);1H. The summed E-state index contributed by atoms with van der Waals surface area (Å²) in [6.45, 7) is 9.71. The highest BCUT2D eigenvalue weighted by Crippen LogP contribution is 2.23. The molecule has 0 spiro atoms. The van der Waals surface area contributed by atoms with Gasteiger partial charge in [-0.2, -0.15) is 0 Å². The van der Waals surface area contributed by atoms with E-state index in [9.17, 15) is 0 Å². The van der Waals surface area contributed by atoms with Crippen molar-refractivity contribution in [3.8, 4) is 5.75 Å². The first-order chi connectivity index (χ1) is 13.9. The molecule has 2 aromatic rings. The number of nitrogens with zero attached hydrogens (tertiary/aromatic N) is 3. The molecule has 1 aromatic carbocycles. The van der Waals surface area contributed by atoms with E-state index in [0.29, 0.717) is 13.1 Å². The molecule has 164 valence electrons. The Morgan fingerprint density at radius 3 is 2.50 bits per heavy atom. The highest BCUT2D eigenvalue weighted by atomic mass is 127. The lowest BCUT2D eigenvalue weighted by atomic mass is 10.1. The summed E-state index contributed by atoms with van der Waals surface area (Å²) in [6, 6.07) is 12.3. The summed E-state index contributed by atoms with van der Waals surface area (Å²) < 4.78 is 6.08. The van der Waals surface area contributed by atoms with Gasteiger partial charge in [-0.25, -0.2) is 4.98 Å². The third-order valence-corrected chi connectivity index (χ3v) is 4.76. The molecular weight excluding hydrogens is 489 g/mol. The van der Waals surface area contributed by atoms with Crippen molar-refractivity contribution >= 4 is 35.8 Å². The molecule has 7 heteroatoms. The van der Waals surface area contributed by atoms with Crippen molar-refractivity contribution in [2.45, 2.75) is 52.3 Å². The Balaban J connectivity index is 0.00000320. The van der Waals surface area contributed by atoms with Crippen LogP contribution in [0.25, 0.3) is 0 Å². The summed E-state index contributed by atoms with van der Waals surface area (Å²) in [6.07, 6.45) is 4.39. The topological polar surface area (TPSA) is 61.8 Å². The number of benzene rings is 1. The fourth-order valence-corrected chi connectivity index (χ4v) is 3.35. The van der Waals surface area contributed by atoms with E-state index in [1.807, 2.05) is 30.5 Å². The number of guanidine groups is 1. The zero-order valence-corrected chi connectivity index (χ0v) is 20.8. The van der Waals surface area contributed by atoms with Crippen molar-refractivity contribution in [1.82, 2.24) is 15.6 Å². The lowest BCUT2D eigenvalue weighted by molar-refractivity contribution is 0.129. The summed E-state index contributed by atoms with van der Waals surface area (Å²) in [5.41, 5.74) is 2.07. The third-order valence-electron chi connectivity index (χ3n) is 4.76. The second-order valence-electron chi connectivity index (χ2n) is 8.32. The first-order valence-corrected chi connectivity index (χ1v) is 10.4. The van der Waals surface area contributed by atoms with Gasteiger partial charge in [0.1, 0.15) is 17.2 Å². The van der Waals surface area contributed by atoms with Crippen molar-refractivity contribution < 1.29 is 4.74 Å². The molecule has 0 radical (unpaired) electrons. The molecule has 0 aliphatic carbocycles. The summed E-state index contributed by atoms with van der Waals surface area (Å²) in [7, 11) is 1.79. The van der Waals surface area contributed by atoms with Gasteiger partial charge in [-0.15, -0.1) is 24.0 Å². The minimum atomic E-state index is -0.232. The van der Waals surface area contributed by atoms with Crippen molar-refractivity contribution in [3.05, 3.63) is 53.7 Å². The van der Waals surface area contributed by atoms with E-state index in [1.165, 1.54) is 18.4 Å². The number of aromatic nitrogens is 1. The monoisotopic (exact) mass is 523 g/mol. The molecule has 1 saturated heterocycles. The number of nitrogens with one attached hydrogen (secondary N) is 2. The van der Waals surface area contributed by atoms with E-state index in [-0.39, 0.29) is 29.6 Å². The fraction of sp³-hybridized carbons (Fsp3) is 0.478. The van der Waals surface area contributed by atoms with E-state index in [1.54, 1.807) is 7.05 Å². The maximum atomic E-state index is 6.08. The van der Waals surface area contributed by atoms with Crippen molar-refractivity contribution in [2.75, 3.05) is 25.0 Å². The van der Waals surface area contributed by atoms with Crippen LogP contribution in [0.15, 0.2) is 47.6 Å². The molecule has 0 bridgehead atoms. The largest absolute Gasteiger partial charge is 0.488 e. The molecule has 1 aromatic heterocycles. The molecule has 0 unspecified atom stereocenters. The highest BCUT2D eigenvalue weighted by Gasteiger charge is 2.15. The minimum absolute atomic E-state index is 0. The van der Waals surface area contributed by atoms with Crippen LogP contribution < -0.4 is 20.3 Å². The molecule has 1 fully saturated rings. The Bertz CT molecular complexity index is 828. The minimum Gasteiger partial charge on any atom is -0.488 e. The summed E-state index contributed by atoms with van der Waals surface area (Å²) >= 11 is 0. The molecule has 30 heavy (non-hydrogen) atoms. The normalized spacial score (nSPS) is 14.3. The highest BCUT2D eigenvalue weighted by molar-refractivity contribution is 14.0. The van der Waals surface area contributed by atoms with Crippen molar-refractivity contribution in [3.63, 3.8) is 0 Å². The first-order valence-electron chi connectivity index (χ1n) is 10.4. The first kappa shape index (κ1) is 24.2. The quantitative estimate of drug-likeness (QED) is 0.335. The fourth-order valence-electron chi connectivity index (χ4n) is 3.35. The lowest BCUT2D eigenvalue weighted by Crippen LogP contribution is -2.36. The van der Waals surface area contributed by atoms with Crippen LogP contribution in [0.4, 0.5) is 5.82 Å². The van der Waals surface area contributed by atoms with Crippen LogP contribution in [0.1, 0.15) is 44.7 Å². The molecule has 1 aliphatic rings. The number of hydrogen-bond donors (Lipinski definition) is 2. The van der Waals surface area contributed by atoms with Gasteiger partial charge in [0.2, 0.25) is 0 Å².